The molecule has 26 heavy (non-hydrogen) atoms. The number of carboxylic acid groups (broad SMARTS) is 1. The van der Waals surface area contributed by atoms with Gasteiger partial charge in [-0.1, -0.05) is 12.1 Å². The van der Waals surface area contributed by atoms with E-state index in [9.17, 15) is 9.18 Å². The molecule has 3 N–H and O–H groups in total. The lowest BCUT2D eigenvalue weighted by Gasteiger charge is -2.26. The molecule has 0 bridgehead atoms. The van der Waals surface area contributed by atoms with Gasteiger partial charge in [-0.05, 0) is 23.3 Å². The summed E-state index contributed by atoms with van der Waals surface area (Å²) in [6.07, 6.45) is 1.88. The molecule has 7 nitrogen and oxygen atoms in total. The number of aromatic amines is 1. The molecule has 0 radical (unpaired) electrons. The number of nitrogens with zero attached hydrogens (tertiary/aromatic N) is 1. The van der Waals surface area contributed by atoms with Crippen LogP contribution in [0.4, 0.5) is 10.1 Å². The van der Waals surface area contributed by atoms with E-state index in [0.717, 1.165) is 16.5 Å². The predicted molar refractivity (Wildman–Crippen MR) is 92.8 cm³/mol. The van der Waals surface area contributed by atoms with Crippen LogP contribution in [0.25, 0.3) is 10.9 Å². The zero-order chi connectivity index (χ0) is 18.7. The van der Waals surface area contributed by atoms with Crippen LogP contribution in [0.15, 0.2) is 36.5 Å². The Morgan fingerprint density at radius 2 is 2.04 bits per heavy atom. The molecule has 0 aliphatic carbocycles. The van der Waals surface area contributed by atoms with E-state index in [-0.39, 0.29) is 30.5 Å². The van der Waals surface area contributed by atoms with Gasteiger partial charge in [-0.15, -0.1) is 0 Å². The maximum atomic E-state index is 14.5. The first-order valence-corrected chi connectivity index (χ1v) is 7.76. The van der Waals surface area contributed by atoms with Crippen molar-refractivity contribution >= 4 is 29.0 Å². The van der Waals surface area contributed by atoms with Crippen LogP contribution in [-0.2, 0) is 9.59 Å². The molecule has 2 aromatic carbocycles. The highest BCUT2D eigenvalue weighted by molar-refractivity contribution is 6.05. The number of methoxy groups -OCH3 is 1. The van der Waals surface area contributed by atoms with Gasteiger partial charge in [0.1, 0.15) is 11.6 Å². The van der Waals surface area contributed by atoms with Crippen LogP contribution in [0.2, 0.25) is 0 Å². The van der Waals surface area contributed by atoms with Gasteiger partial charge in [-0.25, -0.2) is 4.39 Å². The van der Waals surface area contributed by atoms with Crippen molar-refractivity contribution in [3.63, 3.8) is 0 Å². The fraction of sp³-hybridized carbons (Fsp3) is 0.167. The van der Waals surface area contributed by atoms with Gasteiger partial charge in [-0.2, -0.15) is 5.10 Å². The van der Waals surface area contributed by atoms with Crippen molar-refractivity contribution < 1.29 is 23.8 Å². The minimum absolute atomic E-state index is 0.133. The fourth-order valence-corrected chi connectivity index (χ4v) is 3.14. The monoisotopic (exact) mass is 357 g/mol. The molecule has 1 aliphatic heterocycles. The molecule has 1 aliphatic rings. The molecule has 134 valence electrons. The predicted octanol–water partition coefficient (Wildman–Crippen LogP) is 2.89. The van der Waals surface area contributed by atoms with Crippen molar-refractivity contribution in [3.05, 3.63) is 53.5 Å². The average molecular weight is 357 g/mol. The van der Waals surface area contributed by atoms with Crippen LogP contribution < -0.4 is 10.1 Å². The van der Waals surface area contributed by atoms with E-state index in [0.29, 0.717) is 17.0 Å². The minimum atomic E-state index is -0.373. The van der Waals surface area contributed by atoms with Crippen molar-refractivity contribution in [2.24, 2.45) is 0 Å². The van der Waals surface area contributed by atoms with Crippen molar-refractivity contribution in [1.29, 1.82) is 0 Å². The van der Waals surface area contributed by atoms with E-state index >= 15 is 0 Å². The SMILES string of the molecule is COc1ccc(C2CC(=O)Nc3c2ccc2[nH]ncc32)c(F)c1.O=CO. The summed E-state index contributed by atoms with van der Waals surface area (Å²) in [6, 6.07) is 8.54. The van der Waals surface area contributed by atoms with E-state index in [1.165, 1.54) is 13.2 Å². The number of carbonyl (C=O) groups excluding carboxylic acids is 1. The molecule has 1 amide bonds. The highest BCUT2D eigenvalue weighted by Gasteiger charge is 2.30. The van der Waals surface area contributed by atoms with Crippen molar-refractivity contribution in [2.75, 3.05) is 12.4 Å². The highest BCUT2D eigenvalue weighted by Crippen LogP contribution is 2.41. The van der Waals surface area contributed by atoms with Gasteiger partial charge in [0, 0.05) is 23.8 Å². The van der Waals surface area contributed by atoms with Gasteiger partial charge >= 0.3 is 0 Å². The van der Waals surface area contributed by atoms with Crippen LogP contribution in [-0.4, -0.2) is 34.8 Å². The lowest BCUT2D eigenvalue weighted by atomic mass is 9.83. The highest BCUT2D eigenvalue weighted by atomic mass is 19.1. The first-order valence-electron chi connectivity index (χ1n) is 7.76. The van der Waals surface area contributed by atoms with Crippen LogP contribution in [0, 0.1) is 5.82 Å². The topological polar surface area (TPSA) is 104 Å². The number of benzene rings is 2. The number of anilines is 1. The van der Waals surface area contributed by atoms with Crippen molar-refractivity contribution in [1.82, 2.24) is 10.2 Å². The molecule has 1 atom stereocenters. The number of carbonyl (C=O) groups is 2. The van der Waals surface area contributed by atoms with Crippen molar-refractivity contribution in [2.45, 2.75) is 12.3 Å². The molecule has 3 aromatic rings. The van der Waals surface area contributed by atoms with Crippen LogP contribution in [0.1, 0.15) is 23.5 Å². The Hall–Kier alpha value is -3.42. The van der Waals surface area contributed by atoms with Crippen LogP contribution >= 0.6 is 0 Å². The van der Waals surface area contributed by atoms with Gasteiger partial charge in [0.15, 0.2) is 0 Å². The normalized spacial score (nSPS) is 15.5. The smallest absolute Gasteiger partial charge is 0.290 e. The second kappa shape index (κ2) is 7.22. The number of hydrogen-bond donors (Lipinski definition) is 3. The largest absolute Gasteiger partial charge is 0.497 e. The van der Waals surface area contributed by atoms with Gasteiger partial charge < -0.3 is 15.2 Å². The third-order valence-electron chi connectivity index (χ3n) is 4.27. The number of aromatic nitrogens is 2. The quantitative estimate of drug-likeness (QED) is 0.612. The summed E-state index contributed by atoms with van der Waals surface area (Å²) in [7, 11) is 1.49. The van der Waals surface area contributed by atoms with E-state index < -0.39 is 0 Å². The number of hydrogen-bond acceptors (Lipinski definition) is 4. The standard InChI is InChI=1S/C17H14FN3O2.CH2O2/c1-23-9-2-3-10(14(18)6-9)12-7-16(22)20-17-11(12)4-5-15-13(17)8-19-21-15;2-1-3/h2-6,8,12H,7H2,1H3,(H,19,21)(H,20,22);1H,(H,2,3). The first kappa shape index (κ1) is 17.4. The Kier molecular flexibility index (Phi) is 4.83. The molecule has 1 aromatic heterocycles. The van der Waals surface area contributed by atoms with Gasteiger partial charge in [0.2, 0.25) is 5.91 Å². The van der Waals surface area contributed by atoms with Crippen LogP contribution in [0.5, 0.6) is 5.75 Å². The number of nitrogens with one attached hydrogen (secondary N) is 2. The summed E-state index contributed by atoms with van der Waals surface area (Å²) >= 11 is 0. The molecule has 8 heteroatoms. The molecule has 0 fully saturated rings. The number of fused-ring (bicyclic) bond motifs is 3. The van der Waals surface area contributed by atoms with Gasteiger partial charge in [-0.3, -0.25) is 14.7 Å². The fourth-order valence-electron chi connectivity index (χ4n) is 3.14. The Balaban J connectivity index is 0.000000613. The number of rotatable bonds is 2. The zero-order valence-corrected chi connectivity index (χ0v) is 13.8. The van der Waals surface area contributed by atoms with Gasteiger partial charge in [0.05, 0.1) is 24.5 Å². The Morgan fingerprint density at radius 1 is 1.31 bits per heavy atom. The zero-order valence-electron chi connectivity index (χ0n) is 13.8. The number of H-pyrrole nitrogens is 1. The number of ether oxygens (including phenoxy) is 1. The number of halogens is 1. The maximum absolute atomic E-state index is 14.5. The summed E-state index contributed by atoms with van der Waals surface area (Å²) in [4.78, 5) is 20.5. The molecule has 0 spiro atoms. The molecule has 0 saturated heterocycles. The first-order chi connectivity index (χ1) is 12.6. The molecule has 1 unspecified atom stereocenters. The molecule has 4 rings (SSSR count). The van der Waals surface area contributed by atoms with E-state index in [4.69, 9.17) is 14.6 Å². The summed E-state index contributed by atoms with van der Waals surface area (Å²) in [5.41, 5.74) is 2.92. The lowest BCUT2D eigenvalue weighted by Crippen LogP contribution is -2.24. The Morgan fingerprint density at radius 3 is 2.73 bits per heavy atom. The Labute approximate surface area is 147 Å². The van der Waals surface area contributed by atoms with E-state index in [1.54, 1.807) is 18.3 Å². The van der Waals surface area contributed by atoms with Gasteiger partial charge in [0.25, 0.3) is 6.47 Å². The van der Waals surface area contributed by atoms with Crippen LogP contribution in [0.3, 0.4) is 0 Å². The summed E-state index contributed by atoms with van der Waals surface area (Å²) < 4.78 is 19.5. The van der Waals surface area contributed by atoms with E-state index in [2.05, 4.69) is 15.5 Å². The third-order valence-corrected chi connectivity index (χ3v) is 4.27. The third kappa shape index (κ3) is 3.08. The van der Waals surface area contributed by atoms with Crippen molar-refractivity contribution in [3.8, 4) is 5.75 Å². The van der Waals surface area contributed by atoms with E-state index in [1.807, 2.05) is 12.1 Å². The average Bonchev–Trinajstić information content (AvgIpc) is 3.11. The minimum Gasteiger partial charge on any atom is -0.497 e. The second-order valence-corrected chi connectivity index (χ2v) is 5.66. The summed E-state index contributed by atoms with van der Waals surface area (Å²) in [5, 5.41) is 17.5. The molecule has 0 saturated carbocycles. The Bertz CT molecular complexity index is 970. The number of amides is 1. The molecule has 2 heterocycles. The summed E-state index contributed by atoms with van der Waals surface area (Å²) in [5.74, 6) is -0.380. The summed E-state index contributed by atoms with van der Waals surface area (Å²) in [6.45, 7) is -0.250. The lowest BCUT2D eigenvalue weighted by molar-refractivity contribution is -0.123. The maximum Gasteiger partial charge on any atom is 0.290 e. The second-order valence-electron chi connectivity index (χ2n) is 5.66. The molecular weight excluding hydrogens is 341 g/mol. The molecular formula is C18H16FN3O4.